The number of anilines is 2. The van der Waals surface area contributed by atoms with E-state index >= 15 is 0 Å². The molecule has 0 spiro atoms. The Kier molecular flexibility index (Phi) is 6.59. The average molecular weight is 484 g/mol. The third-order valence-electron chi connectivity index (χ3n) is 6.37. The van der Waals surface area contributed by atoms with Crippen molar-refractivity contribution in [3.63, 3.8) is 0 Å². The Hall–Kier alpha value is -3.96. The molecule has 1 fully saturated rings. The number of thiazole rings is 1. The largest absolute Gasteiger partial charge is 0.497 e. The van der Waals surface area contributed by atoms with Crippen LogP contribution in [0.1, 0.15) is 35.4 Å². The lowest BCUT2D eigenvalue weighted by molar-refractivity contribution is -0.131. The number of methoxy groups -OCH3 is 1. The van der Waals surface area contributed by atoms with Crippen LogP contribution in [0, 0.1) is 11.3 Å². The highest BCUT2D eigenvalue weighted by Crippen LogP contribution is 2.32. The molecule has 1 amide bonds. The van der Waals surface area contributed by atoms with E-state index in [1.54, 1.807) is 13.2 Å². The highest BCUT2D eigenvalue weighted by Gasteiger charge is 2.24. The van der Waals surface area contributed by atoms with Crippen molar-refractivity contribution in [2.24, 2.45) is 0 Å². The van der Waals surface area contributed by atoms with Crippen molar-refractivity contribution in [3.05, 3.63) is 77.5 Å². The van der Waals surface area contributed by atoms with Gasteiger partial charge in [-0.3, -0.25) is 4.79 Å². The second-order valence-electron chi connectivity index (χ2n) is 8.59. The zero-order chi connectivity index (χ0) is 24.2. The minimum atomic E-state index is 0.168. The smallest absolute Gasteiger partial charge is 0.226 e. The first-order chi connectivity index (χ1) is 17.1. The van der Waals surface area contributed by atoms with E-state index in [0.717, 1.165) is 58.4 Å². The van der Waals surface area contributed by atoms with Crippen LogP contribution in [0.2, 0.25) is 0 Å². The number of piperidine rings is 1. The molecular weight excluding hydrogens is 458 g/mol. The molecule has 1 aliphatic heterocycles. The molecule has 0 atom stereocenters. The molecule has 4 aromatic rings. The summed E-state index contributed by atoms with van der Waals surface area (Å²) < 4.78 is 6.16. The Morgan fingerprint density at radius 1 is 1.17 bits per heavy atom. The second kappa shape index (κ2) is 10.1. The number of fused-ring (bicyclic) bond motifs is 1. The normalized spacial score (nSPS) is 14.0. The molecule has 1 aliphatic rings. The van der Waals surface area contributed by atoms with Crippen LogP contribution in [0.15, 0.2) is 60.8 Å². The highest BCUT2D eigenvalue weighted by molar-refractivity contribution is 7.22. The van der Waals surface area contributed by atoms with Crippen LogP contribution in [0.5, 0.6) is 5.75 Å². The summed E-state index contributed by atoms with van der Waals surface area (Å²) in [5.41, 5.74) is 3.71. The van der Waals surface area contributed by atoms with Crippen molar-refractivity contribution in [1.82, 2.24) is 14.9 Å². The molecule has 1 N–H and O–H groups in total. The van der Waals surface area contributed by atoms with Crippen LogP contribution in [-0.2, 0) is 11.2 Å². The zero-order valence-electron chi connectivity index (χ0n) is 19.4. The van der Waals surface area contributed by atoms with Crippen molar-refractivity contribution in [1.29, 1.82) is 5.26 Å². The summed E-state index contributed by atoms with van der Waals surface area (Å²) in [6.45, 7) is 1.51. The van der Waals surface area contributed by atoms with E-state index < -0.39 is 0 Å². The van der Waals surface area contributed by atoms with E-state index in [1.807, 2.05) is 47.5 Å². The minimum Gasteiger partial charge on any atom is -0.497 e. The second-order valence-corrected chi connectivity index (χ2v) is 9.62. The van der Waals surface area contributed by atoms with Gasteiger partial charge in [-0.2, -0.15) is 5.26 Å². The van der Waals surface area contributed by atoms with Gasteiger partial charge in [-0.25, -0.2) is 9.97 Å². The molecule has 0 aliphatic carbocycles. The van der Waals surface area contributed by atoms with Gasteiger partial charge in [0.2, 0.25) is 5.91 Å². The number of pyridine rings is 1. The molecule has 0 bridgehead atoms. The van der Waals surface area contributed by atoms with Crippen LogP contribution in [0.4, 0.5) is 10.9 Å². The molecule has 0 unspecified atom stereocenters. The number of rotatable bonds is 6. The number of carbonyl (C=O) groups is 1. The van der Waals surface area contributed by atoms with E-state index in [9.17, 15) is 4.79 Å². The maximum atomic E-state index is 12.8. The topological polar surface area (TPSA) is 91.1 Å². The summed E-state index contributed by atoms with van der Waals surface area (Å²) in [5.74, 6) is 2.10. The molecular formula is C27H25N5O2S. The van der Waals surface area contributed by atoms with Crippen LogP contribution in [0.3, 0.4) is 0 Å². The van der Waals surface area contributed by atoms with Gasteiger partial charge in [0.25, 0.3) is 0 Å². The molecule has 8 heteroatoms. The van der Waals surface area contributed by atoms with Crippen molar-refractivity contribution >= 4 is 38.4 Å². The maximum Gasteiger partial charge on any atom is 0.226 e. The summed E-state index contributed by atoms with van der Waals surface area (Å²) >= 11 is 1.50. The number of nitrogens with zero attached hydrogens (tertiary/aromatic N) is 4. The SMILES string of the molecule is COc1ccc(CC(=O)N2CCC(c3ccnc(Nc4nc5ccc(C#N)cc5s4)c3)CC2)cc1. The van der Waals surface area contributed by atoms with Gasteiger partial charge in [-0.1, -0.05) is 23.5 Å². The van der Waals surface area contributed by atoms with Gasteiger partial charge in [0.15, 0.2) is 5.13 Å². The first-order valence-corrected chi connectivity index (χ1v) is 12.4. The number of benzene rings is 2. The number of carbonyl (C=O) groups excluding carboxylic acids is 1. The fraction of sp³-hybridized carbons (Fsp3) is 0.259. The van der Waals surface area contributed by atoms with E-state index in [2.05, 4.69) is 33.5 Å². The van der Waals surface area contributed by atoms with Gasteiger partial charge < -0.3 is 15.0 Å². The third-order valence-corrected chi connectivity index (χ3v) is 7.30. The summed E-state index contributed by atoms with van der Waals surface area (Å²) in [6, 6.07) is 19.5. The number of nitriles is 1. The minimum absolute atomic E-state index is 0.168. The number of aromatic nitrogens is 2. The number of likely N-dealkylation sites (tertiary alicyclic amines) is 1. The van der Waals surface area contributed by atoms with Gasteiger partial charge in [0.05, 0.1) is 35.4 Å². The fourth-order valence-corrected chi connectivity index (χ4v) is 5.33. The standard InChI is InChI=1S/C27H25N5O2S/c1-34-22-5-2-18(3-6-22)15-26(33)32-12-9-20(10-13-32)21-8-11-29-25(16-21)31-27-30-23-7-4-19(17-28)14-24(23)35-27/h2-8,11,14,16,20H,9-10,12-13,15H2,1H3,(H,29,30,31). The Morgan fingerprint density at radius 3 is 2.71 bits per heavy atom. The van der Waals surface area contributed by atoms with Crippen LogP contribution in [-0.4, -0.2) is 41.0 Å². The highest BCUT2D eigenvalue weighted by atomic mass is 32.1. The molecule has 1 saturated heterocycles. The van der Waals surface area contributed by atoms with E-state index in [4.69, 9.17) is 10.00 Å². The van der Waals surface area contributed by atoms with Crippen molar-refractivity contribution < 1.29 is 9.53 Å². The Labute approximate surface area is 208 Å². The number of hydrogen-bond donors (Lipinski definition) is 1. The first kappa shape index (κ1) is 22.8. The molecule has 3 heterocycles. The number of amides is 1. The molecule has 35 heavy (non-hydrogen) atoms. The van der Waals surface area contributed by atoms with Gasteiger partial charge in [-0.05, 0) is 72.4 Å². The molecule has 2 aromatic heterocycles. The Balaban J connectivity index is 1.19. The van der Waals surface area contributed by atoms with Crippen molar-refractivity contribution in [3.8, 4) is 11.8 Å². The Bertz CT molecular complexity index is 1380. The lowest BCUT2D eigenvalue weighted by Gasteiger charge is -2.32. The third kappa shape index (κ3) is 5.26. The van der Waals surface area contributed by atoms with Crippen LogP contribution >= 0.6 is 11.3 Å². The average Bonchev–Trinajstić information content (AvgIpc) is 3.30. The number of hydrogen-bond acceptors (Lipinski definition) is 7. The lowest BCUT2D eigenvalue weighted by atomic mass is 9.89. The predicted molar refractivity (Wildman–Crippen MR) is 137 cm³/mol. The summed E-state index contributed by atoms with van der Waals surface area (Å²) in [4.78, 5) is 23.8. The maximum absolute atomic E-state index is 12.8. The van der Waals surface area contributed by atoms with E-state index in [0.29, 0.717) is 17.9 Å². The summed E-state index contributed by atoms with van der Waals surface area (Å²) in [7, 11) is 1.64. The molecule has 0 saturated carbocycles. The summed E-state index contributed by atoms with van der Waals surface area (Å²) in [6.07, 6.45) is 4.09. The molecule has 0 radical (unpaired) electrons. The van der Waals surface area contributed by atoms with Crippen LogP contribution in [0.25, 0.3) is 10.2 Å². The van der Waals surface area contributed by atoms with Crippen LogP contribution < -0.4 is 10.1 Å². The molecule has 176 valence electrons. The number of nitrogens with one attached hydrogen (secondary N) is 1. The van der Waals surface area contributed by atoms with Crippen molar-refractivity contribution in [2.75, 3.05) is 25.5 Å². The van der Waals surface area contributed by atoms with E-state index in [-0.39, 0.29) is 5.91 Å². The predicted octanol–water partition coefficient (Wildman–Crippen LogP) is 5.26. The van der Waals surface area contributed by atoms with Gasteiger partial charge >= 0.3 is 0 Å². The molecule has 5 rings (SSSR count). The zero-order valence-corrected chi connectivity index (χ0v) is 20.2. The van der Waals surface area contributed by atoms with Gasteiger partial charge in [-0.15, -0.1) is 0 Å². The number of ether oxygens (including phenoxy) is 1. The lowest BCUT2D eigenvalue weighted by Crippen LogP contribution is -2.38. The summed E-state index contributed by atoms with van der Waals surface area (Å²) in [5, 5.41) is 13.2. The van der Waals surface area contributed by atoms with Gasteiger partial charge in [0.1, 0.15) is 11.6 Å². The van der Waals surface area contributed by atoms with Gasteiger partial charge in [0, 0.05) is 19.3 Å². The van der Waals surface area contributed by atoms with Crippen molar-refractivity contribution in [2.45, 2.75) is 25.2 Å². The Morgan fingerprint density at radius 2 is 1.97 bits per heavy atom. The molecule has 2 aromatic carbocycles. The quantitative estimate of drug-likeness (QED) is 0.402. The first-order valence-electron chi connectivity index (χ1n) is 11.6. The monoisotopic (exact) mass is 483 g/mol. The van der Waals surface area contributed by atoms with E-state index in [1.165, 1.54) is 16.9 Å². The molecule has 7 nitrogen and oxygen atoms in total. The fourth-order valence-electron chi connectivity index (χ4n) is 4.42.